The molecule has 1 aromatic heterocycles. The van der Waals surface area contributed by atoms with Gasteiger partial charge >= 0.3 is 0 Å². The van der Waals surface area contributed by atoms with Gasteiger partial charge in [0.1, 0.15) is 0 Å². The average molecular weight is 207 g/mol. The largest absolute Gasteiger partial charge is 0.337 e. The van der Waals surface area contributed by atoms with Crippen molar-refractivity contribution in [2.24, 2.45) is 0 Å². The Labute approximate surface area is 85.7 Å². The molecule has 3 heteroatoms. The molecule has 0 bridgehead atoms. The van der Waals surface area contributed by atoms with Crippen LogP contribution in [-0.4, -0.2) is 4.98 Å². The minimum absolute atomic E-state index is 0.839. The van der Waals surface area contributed by atoms with Crippen molar-refractivity contribution in [2.45, 2.75) is 6.42 Å². The van der Waals surface area contributed by atoms with E-state index in [9.17, 15) is 0 Å². The molecule has 13 heavy (non-hydrogen) atoms. The Bertz CT molecular complexity index is 493. The summed E-state index contributed by atoms with van der Waals surface area (Å²) in [6.07, 6.45) is 2.82. The second-order valence-corrected chi connectivity index (χ2v) is 4.49. The highest BCUT2D eigenvalue weighted by molar-refractivity contribution is 7.73. The monoisotopic (exact) mass is 207 g/mol. The molecule has 0 saturated heterocycles. The fraction of sp³-hybridized carbons (Fsp3) is 0.100. The zero-order valence-corrected chi connectivity index (χ0v) is 8.67. The molecule has 1 aromatic carbocycles. The van der Waals surface area contributed by atoms with Crippen LogP contribution in [0.2, 0.25) is 0 Å². The number of hydrogen-bond acceptors (Lipinski definition) is 2. The Kier molecular flexibility index (Phi) is 2.29. The van der Waals surface area contributed by atoms with Crippen molar-refractivity contribution in [3.8, 4) is 0 Å². The Morgan fingerprint density at radius 2 is 2.38 bits per heavy atom. The Balaban J connectivity index is 2.74. The molecule has 1 heterocycles. The van der Waals surface area contributed by atoms with Crippen LogP contribution in [-0.2, 0) is 6.42 Å². The number of allylic oxidation sites excluding steroid dienone is 1. The zero-order valence-electron chi connectivity index (χ0n) is 7.04. The first-order chi connectivity index (χ1) is 6.31. The Morgan fingerprint density at radius 1 is 1.54 bits per heavy atom. The van der Waals surface area contributed by atoms with Gasteiger partial charge in [0, 0.05) is 0 Å². The van der Waals surface area contributed by atoms with E-state index in [2.05, 4.69) is 17.6 Å². The van der Waals surface area contributed by atoms with Crippen LogP contribution in [0, 0.1) is 3.95 Å². The maximum Gasteiger partial charge on any atom is 0.159 e. The van der Waals surface area contributed by atoms with Crippen LogP contribution in [0.15, 0.2) is 30.9 Å². The third-order valence-corrected chi connectivity index (χ3v) is 3.22. The molecule has 0 saturated carbocycles. The molecule has 1 nitrogen and oxygen atoms in total. The molecular formula is C10H9NS2. The summed E-state index contributed by atoms with van der Waals surface area (Å²) in [7, 11) is 0. The van der Waals surface area contributed by atoms with Crippen LogP contribution in [0.25, 0.3) is 10.2 Å². The molecule has 66 valence electrons. The van der Waals surface area contributed by atoms with E-state index in [4.69, 9.17) is 12.2 Å². The summed E-state index contributed by atoms with van der Waals surface area (Å²) in [5.74, 6) is 0. The van der Waals surface area contributed by atoms with Crippen LogP contribution in [0.3, 0.4) is 0 Å². The van der Waals surface area contributed by atoms with Crippen molar-refractivity contribution in [3.05, 3.63) is 40.4 Å². The number of nitrogens with one attached hydrogen (secondary N) is 1. The Morgan fingerprint density at radius 3 is 3.15 bits per heavy atom. The number of thiazole rings is 1. The van der Waals surface area contributed by atoms with E-state index in [-0.39, 0.29) is 0 Å². The predicted octanol–water partition coefficient (Wildman–Crippen LogP) is 3.69. The lowest BCUT2D eigenvalue weighted by atomic mass is 10.1. The molecule has 0 radical (unpaired) electrons. The van der Waals surface area contributed by atoms with Crippen LogP contribution < -0.4 is 0 Å². The van der Waals surface area contributed by atoms with Gasteiger partial charge < -0.3 is 4.98 Å². The highest BCUT2D eigenvalue weighted by Gasteiger charge is 2.01. The van der Waals surface area contributed by atoms with Gasteiger partial charge in [0.05, 0.1) is 10.2 Å². The summed E-state index contributed by atoms with van der Waals surface area (Å²) in [6.45, 7) is 3.74. The minimum atomic E-state index is 0.839. The lowest BCUT2D eigenvalue weighted by molar-refractivity contribution is 1.31. The lowest BCUT2D eigenvalue weighted by Crippen LogP contribution is -1.79. The summed E-state index contributed by atoms with van der Waals surface area (Å²) < 4.78 is 2.10. The number of aromatic amines is 1. The molecule has 0 atom stereocenters. The maximum absolute atomic E-state index is 5.09. The number of aromatic nitrogens is 1. The molecule has 0 aliphatic rings. The van der Waals surface area contributed by atoms with Gasteiger partial charge in [-0.25, -0.2) is 0 Å². The fourth-order valence-corrected chi connectivity index (χ4v) is 2.57. The molecule has 0 aliphatic heterocycles. The smallest absolute Gasteiger partial charge is 0.159 e. The summed E-state index contributed by atoms with van der Waals surface area (Å²) >= 11 is 6.72. The van der Waals surface area contributed by atoms with Crippen molar-refractivity contribution in [3.63, 3.8) is 0 Å². The predicted molar refractivity (Wildman–Crippen MR) is 60.9 cm³/mol. The van der Waals surface area contributed by atoms with Gasteiger partial charge in [-0.05, 0) is 30.3 Å². The van der Waals surface area contributed by atoms with Crippen LogP contribution in [0.5, 0.6) is 0 Å². The van der Waals surface area contributed by atoms with E-state index in [1.165, 1.54) is 10.3 Å². The van der Waals surface area contributed by atoms with Crippen molar-refractivity contribution in [1.82, 2.24) is 4.98 Å². The summed E-state index contributed by atoms with van der Waals surface area (Å²) in [5.41, 5.74) is 2.43. The Hall–Kier alpha value is -0.930. The molecule has 0 aliphatic carbocycles. The van der Waals surface area contributed by atoms with Crippen LogP contribution >= 0.6 is 23.6 Å². The number of H-pyrrole nitrogens is 1. The first-order valence-corrected chi connectivity index (χ1v) is 5.25. The molecular weight excluding hydrogens is 198 g/mol. The van der Waals surface area contributed by atoms with E-state index < -0.39 is 0 Å². The lowest BCUT2D eigenvalue weighted by Gasteiger charge is -1.96. The number of rotatable bonds is 2. The van der Waals surface area contributed by atoms with Gasteiger partial charge in [-0.1, -0.05) is 18.2 Å². The van der Waals surface area contributed by atoms with E-state index in [0.29, 0.717) is 0 Å². The molecule has 0 unspecified atom stereocenters. The topological polar surface area (TPSA) is 15.8 Å². The number of benzene rings is 1. The first-order valence-electron chi connectivity index (χ1n) is 4.03. The van der Waals surface area contributed by atoms with Gasteiger partial charge in [0.2, 0.25) is 0 Å². The van der Waals surface area contributed by atoms with E-state index in [1.807, 2.05) is 18.2 Å². The molecule has 1 N–H and O–H groups in total. The van der Waals surface area contributed by atoms with Gasteiger partial charge in [0.15, 0.2) is 3.95 Å². The minimum Gasteiger partial charge on any atom is -0.337 e. The van der Waals surface area contributed by atoms with E-state index >= 15 is 0 Å². The van der Waals surface area contributed by atoms with Gasteiger partial charge in [0.25, 0.3) is 0 Å². The summed E-state index contributed by atoms with van der Waals surface area (Å²) in [6, 6.07) is 6.20. The van der Waals surface area contributed by atoms with Gasteiger partial charge in [-0.3, -0.25) is 0 Å². The van der Waals surface area contributed by atoms with Crippen LogP contribution in [0.4, 0.5) is 0 Å². The van der Waals surface area contributed by atoms with Crippen molar-refractivity contribution < 1.29 is 0 Å². The molecule has 2 aromatic rings. The van der Waals surface area contributed by atoms with Gasteiger partial charge in [-0.15, -0.1) is 17.9 Å². The van der Waals surface area contributed by atoms with Crippen molar-refractivity contribution in [2.75, 3.05) is 0 Å². The first kappa shape index (κ1) is 8.66. The van der Waals surface area contributed by atoms with E-state index in [1.54, 1.807) is 11.3 Å². The maximum atomic E-state index is 5.09. The van der Waals surface area contributed by atoms with Crippen molar-refractivity contribution >= 4 is 33.8 Å². The quantitative estimate of drug-likeness (QED) is 0.586. The summed E-state index contributed by atoms with van der Waals surface area (Å²) in [5, 5.41) is 0. The second kappa shape index (κ2) is 3.44. The third kappa shape index (κ3) is 1.57. The molecule has 0 amide bonds. The second-order valence-electron chi connectivity index (χ2n) is 2.80. The van der Waals surface area contributed by atoms with Gasteiger partial charge in [-0.2, -0.15) is 0 Å². The normalized spacial score (nSPS) is 10.5. The number of hydrogen-bond donors (Lipinski definition) is 1. The average Bonchev–Trinajstić information content (AvgIpc) is 2.47. The molecule has 0 spiro atoms. The van der Waals surface area contributed by atoms with Crippen molar-refractivity contribution in [1.29, 1.82) is 0 Å². The number of fused-ring (bicyclic) bond motifs is 1. The highest BCUT2D eigenvalue weighted by Crippen LogP contribution is 2.23. The zero-order chi connectivity index (χ0) is 9.26. The SMILES string of the molecule is C=CCc1cccc2[nH]c(=S)sc12. The highest BCUT2D eigenvalue weighted by atomic mass is 32.1. The van der Waals surface area contributed by atoms with E-state index in [0.717, 1.165) is 15.9 Å². The molecule has 0 fully saturated rings. The summed E-state index contributed by atoms with van der Waals surface area (Å²) in [4.78, 5) is 3.16. The van der Waals surface area contributed by atoms with Crippen LogP contribution in [0.1, 0.15) is 5.56 Å². The fourth-order valence-electron chi connectivity index (χ4n) is 1.35. The molecule has 2 rings (SSSR count). The standard InChI is InChI=1S/C10H9NS2/c1-2-4-7-5-3-6-8-9(7)13-10(12)11-8/h2-3,5-6H,1,4H2,(H,11,12). The third-order valence-electron chi connectivity index (χ3n) is 1.89.